The van der Waals surface area contributed by atoms with Gasteiger partial charge >= 0.3 is 5.97 Å². The number of nitrogens with zero attached hydrogens (tertiary/aromatic N) is 1. The lowest BCUT2D eigenvalue weighted by Gasteiger charge is -2.10. The molecule has 0 aromatic heterocycles. The van der Waals surface area contributed by atoms with Crippen molar-refractivity contribution >= 4 is 22.2 Å². The molecule has 0 aliphatic rings. The van der Waals surface area contributed by atoms with Crippen LogP contribution in [0.15, 0.2) is 82.8 Å². The fraction of sp³-hybridized carbons (Fsp3) is 0.0909. The Morgan fingerprint density at radius 3 is 2.26 bits per heavy atom. The highest BCUT2D eigenvalue weighted by atomic mass is 32.2. The SMILES string of the molecule is COc1ccc(C(=O)Oc2ccc(/C=N\NS(=O)(=O)c3ccccc3)cc2OC)cc1. The zero-order valence-electron chi connectivity index (χ0n) is 16.8. The van der Waals surface area contributed by atoms with Gasteiger partial charge in [-0.3, -0.25) is 0 Å². The van der Waals surface area contributed by atoms with E-state index in [0.717, 1.165) is 0 Å². The molecule has 0 heterocycles. The molecule has 0 saturated carbocycles. The molecular weight excluding hydrogens is 420 g/mol. The second-order valence-corrected chi connectivity index (χ2v) is 7.86. The third-order valence-corrected chi connectivity index (χ3v) is 5.39. The maximum Gasteiger partial charge on any atom is 0.343 e. The largest absolute Gasteiger partial charge is 0.497 e. The lowest BCUT2D eigenvalue weighted by Crippen LogP contribution is -2.18. The number of ether oxygens (including phenoxy) is 3. The molecule has 0 aliphatic heterocycles. The maximum atomic E-state index is 12.4. The molecule has 3 aromatic rings. The van der Waals surface area contributed by atoms with Gasteiger partial charge in [-0.15, -0.1) is 0 Å². The number of hydrazone groups is 1. The van der Waals surface area contributed by atoms with Crippen molar-refractivity contribution in [3.63, 3.8) is 0 Å². The van der Waals surface area contributed by atoms with Gasteiger partial charge in [0.2, 0.25) is 0 Å². The number of methoxy groups -OCH3 is 2. The summed E-state index contributed by atoms with van der Waals surface area (Å²) < 4.78 is 40.1. The Kier molecular flexibility index (Phi) is 6.88. The van der Waals surface area contributed by atoms with Gasteiger partial charge in [-0.25, -0.2) is 9.63 Å². The van der Waals surface area contributed by atoms with Gasteiger partial charge in [-0.05, 0) is 60.2 Å². The van der Waals surface area contributed by atoms with E-state index in [1.165, 1.54) is 38.6 Å². The number of nitrogens with one attached hydrogen (secondary N) is 1. The number of hydrogen-bond acceptors (Lipinski definition) is 7. The van der Waals surface area contributed by atoms with Crippen LogP contribution in [0.4, 0.5) is 0 Å². The van der Waals surface area contributed by atoms with Crippen molar-refractivity contribution < 1.29 is 27.4 Å². The first-order chi connectivity index (χ1) is 14.9. The number of benzene rings is 3. The molecule has 3 aromatic carbocycles. The fourth-order valence-electron chi connectivity index (χ4n) is 2.56. The molecule has 1 N–H and O–H groups in total. The minimum Gasteiger partial charge on any atom is -0.497 e. The first kappa shape index (κ1) is 21.8. The molecule has 0 amide bonds. The molecule has 0 saturated heterocycles. The topological polar surface area (TPSA) is 103 Å². The van der Waals surface area contributed by atoms with Gasteiger partial charge in [0.1, 0.15) is 5.75 Å². The first-order valence-electron chi connectivity index (χ1n) is 9.07. The lowest BCUT2D eigenvalue weighted by atomic mass is 10.2. The minimum absolute atomic E-state index is 0.102. The van der Waals surface area contributed by atoms with Crippen molar-refractivity contribution in [1.29, 1.82) is 0 Å². The van der Waals surface area contributed by atoms with Gasteiger partial charge in [0.15, 0.2) is 11.5 Å². The summed E-state index contributed by atoms with van der Waals surface area (Å²) in [6.45, 7) is 0. The third-order valence-electron chi connectivity index (χ3n) is 4.16. The average Bonchev–Trinajstić information content (AvgIpc) is 2.80. The maximum absolute atomic E-state index is 12.4. The predicted molar refractivity (Wildman–Crippen MR) is 115 cm³/mol. The van der Waals surface area contributed by atoms with E-state index in [1.54, 1.807) is 54.6 Å². The molecule has 9 heteroatoms. The smallest absolute Gasteiger partial charge is 0.343 e. The molecule has 0 spiro atoms. The second-order valence-electron chi connectivity index (χ2n) is 6.19. The fourth-order valence-corrected chi connectivity index (χ4v) is 3.37. The minimum atomic E-state index is -3.76. The summed E-state index contributed by atoms with van der Waals surface area (Å²) in [6.07, 6.45) is 1.32. The van der Waals surface area contributed by atoms with E-state index in [1.807, 2.05) is 0 Å². The molecule has 0 fully saturated rings. The van der Waals surface area contributed by atoms with Crippen LogP contribution in [0.25, 0.3) is 0 Å². The van der Waals surface area contributed by atoms with Gasteiger partial charge in [0.05, 0.1) is 30.9 Å². The summed E-state index contributed by atoms with van der Waals surface area (Å²) in [6, 6.07) is 19.1. The van der Waals surface area contributed by atoms with Gasteiger partial charge in [0, 0.05) is 0 Å². The summed E-state index contributed by atoms with van der Waals surface area (Å²) in [5, 5.41) is 3.78. The molecular formula is C22H20N2O6S. The van der Waals surface area contributed by atoms with Crippen LogP contribution in [0.2, 0.25) is 0 Å². The van der Waals surface area contributed by atoms with E-state index in [0.29, 0.717) is 16.9 Å². The van der Waals surface area contributed by atoms with Crippen LogP contribution in [0, 0.1) is 0 Å². The summed E-state index contributed by atoms with van der Waals surface area (Å²) in [4.78, 5) is 14.6. The number of rotatable bonds is 8. The highest BCUT2D eigenvalue weighted by molar-refractivity contribution is 7.89. The van der Waals surface area contributed by atoms with Crippen LogP contribution in [-0.2, 0) is 10.0 Å². The van der Waals surface area contributed by atoms with Crippen molar-refractivity contribution in [2.45, 2.75) is 4.90 Å². The van der Waals surface area contributed by atoms with Crippen LogP contribution >= 0.6 is 0 Å². The number of sulfonamides is 1. The van der Waals surface area contributed by atoms with Gasteiger partial charge < -0.3 is 14.2 Å². The van der Waals surface area contributed by atoms with E-state index in [9.17, 15) is 13.2 Å². The summed E-state index contributed by atoms with van der Waals surface area (Å²) >= 11 is 0. The van der Waals surface area contributed by atoms with Crippen molar-refractivity contribution in [2.24, 2.45) is 5.10 Å². The first-order valence-corrected chi connectivity index (χ1v) is 10.6. The molecule has 31 heavy (non-hydrogen) atoms. The van der Waals surface area contributed by atoms with E-state index in [2.05, 4.69) is 9.93 Å². The van der Waals surface area contributed by atoms with Gasteiger partial charge in [-0.1, -0.05) is 18.2 Å². The zero-order valence-corrected chi connectivity index (χ0v) is 17.6. The molecule has 0 aliphatic carbocycles. The monoisotopic (exact) mass is 440 g/mol. The van der Waals surface area contributed by atoms with Crippen molar-refractivity contribution in [3.8, 4) is 17.2 Å². The number of esters is 1. The zero-order chi connectivity index (χ0) is 22.3. The van der Waals surface area contributed by atoms with Crippen molar-refractivity contribution in [3.05, 3.63) is 83.9 Å². The normalized spacial score (nSPS) is 11.2. The third kappa shape index (κ3) is 5.61. The Bertz CT molecular complexity index is 1180. The highest BCUT2D eigenvalue weighted by Gasteiger charge is 2.14. The van der Waals surface area contributed by atoms with Gasteiger partial charge in [-0.2, -0.15) is 13.5 Å². The standard InChI is InChI=1S/C22H20N2O6S/c1-28-18-11-9-17(10-12-18)22(25)30-20-13-8-16(14-21(20)29-2)15-23-24-31(26,27)19-6-4-3-5-7-19/h3-15,24H,1-2H3/b23-15-. The van der Waals surface area contributed by atoms with E-state index in [4.69, 9.17) is 14.2 Å². The Labute approximate surface area is 180 Å². The second kappa shape index (κ2) is 9.77. The Hall–Kier alpha value is -3.85. The van der Waals surface area contributed by atoms with Crippen LogP contribution in [0.5, 0.6) is 17.2 Å². The van der Waals surface area contributed by atoms with Crippen LogP contribution in [0.3, 0.4) is 0 Å². The van der Waals surface area contributed by atoms with E-state index < -0.39 is 16.0 Å². The van der Waals surface area contributed by atoms with Crippen LogP contribution in [0.1, 0.15) is 15.9 Å². The van der Waals surface area contributed by atoms with Crippen LogP contribution in [-0.4, -0.2) is 34.8 Å². The Balaban J connectivity index is 1.70. The number of carbonyl (C=O) groups is 1. The van der Waals surface area contributed by atoms with Crippen molar-refractivity contribution in [2.75, 3.05) is 14.2 Å². The molecule has 0 bridgehead atoms. The van der Waals surface area contributed by atoms with E-state index >= 15 is 0 Å². The quantitative estimate of drug-likeness (QED) is 0.250. The average molecular weight is 440 g/mol. The molecule has 160 valence electrons. The molecule has 0 unspecified atom stereocenters. The number of hydrogen-bond donors (Lipinski definition) is 1. The predicted octanol–water partition coefficient (Wildman–Crippen LogP) is 3.24. The summed E-state index contributed by atoms with van der Waals surface area (Å²) in [5.41, 5.74) is 0.890. The Morgan fingerprint density at radius 2 is 1.61 bits per heavy atom. The molecule has 0 radical (unpaired) electrons. The molecule has 0 atom stereocenters. The number of carbonyl (C=O) groups excluding carboxylic acids is 1. The van der Waals surface area contributed by atoms with Crippen LogP contribution < -0.4 is 19.0 Å². The highest BCUT2D eigenvalue weighted by Crippen LogP contribution is 2.28. The summed E-state index contributed by atoms with van der Waals surface area (Å²) in [7, 11) is -0.796. The lowest BCUT2D eigenvalue weighted by molar-refractivity contribution is 0.0729. The molecule has 8 nitrogen and oxygen atoms in total. The molecule has 3 rings (SSSR count). The van der Waals surface area contributed by atoms with Gasteiger partial charge in [0.25, 0.3) is 10.0 Å². The van der Waals surface area contributed by atoms with E-state index in [-0.39, 0.29) is 16.4 Å². The van der Waals surface area contributed by atoms with Crippen molar-refractivity contribution in [1.82, 2.24) is 4.83 Å². The summed E-state index contributed by atoms with van der Waals surface area (Å²) in [5.74, 6) is 0.570. The Morgan fingerprint density at radius 1 is 0.903 bits per heavy atom.